The van der Waals surface area contributed by atoms with Gasteiger partial charge in [0.05, 0.1) is 34.2 Å². The Morgan fingerprint density at radius 3 is 1.66 bits per heavy atom. The number of rotatable bonds is 4. The predicted molar refractivity (Wildman–Crippen MR) is 146 cm³/mol. The molecule has 0 radical (unpaired) electrons. The van der Waals surface area contributed by atoms with Gasteiger partial charge in [-0.2, -0.15) is 0 Å². The van der Waals surface area contributed by atoms with Gasteiger partial charge >= 0.3 is 0 Å². The number of hydrogen-bond acceptors (Lipinski definition) is 4. The zero-order valence-electron chi connectivity index (χ0n) is 21.9. The smallest absolute Gasteiger partial charge is 0.222 e. The molecular formula is C30H32N6O2. The fraction of sp³-hybridized carbons (Fsp3) is 0.400. The molecule has 2 aromatic carbocycles. The molecule has 6 rings (SSSR count). The molecule has 2 atom stereocenters. The molecule has 4 aromatic rings. The lowest BCUT2D eigenvalue weighted by atomic mass is 10.1. The molecule has 194 valence electrons. The maximum absolute atomic E-state index is 12.3. The number of hydrogen-bond donors (Lipinski definition) is 2. The fourth-order valence-electron chi connectivity index (χ4n) is 5.78. The van der Waals surface area contributed by atoms with E-state index in [0.717, 1.165) is 83.6 Å². The van der Waals surface area contributed by atoms with Crippen LogP contribution < -0.4 is 0 Å². The first-order chi connectivity index (χ1) is 18.5. The average Bonchev–Trinajstić information content (AvgIpc) is 3.74. The molecule has 2 amide bonds. The van der Waals surface area contributed by atoms with E-state index in [1.54, 1.807) is 0 Å². The molecule has 8 heteroatoms. The van der Waals surface area contributed by atoms with Crippen molar-refractivity contribution in [2.24, 2.45) is 0 Å². The van der Waals surface area contributed by atoms with Crippen LogP contribution in [0.1, 0.15) is 87.2 Å². The number of amides is 2. The molecule has 0 saturated carbocycles. The third-order valence-electron chi connectivity index (χ3n) is 7.73. The number of carbonyl (C=O) groups excluding carboxylic acids is 2. The van der Waals surface area contributed by atoms with Crippen LogP contribution in [0.25, 0.3) is 22.1 Å². The number of imidazole rings is 2. The molecule has 2 saturated heterocycles. The van der Waals surface area contributed by atoms with Crippen molar-refractivity contribution in [1.82, 2.24) is 29.7 Å². The number of aromatic nitrogens is 4. The van der Waals surface area contributed by atoms with Gasteiger partial charge in [0.2, 0.25) is 11.8 Å². The standard InChI is InChI=1S/C30H32N6O2/c1-3-27(37)35-15-5-7-25(35)29-31-21-13-11-19(17-23(21)33-29)9-10-20-12-14-22-24(18-20)34-30(32-22)26-8-6-16-36(26)28(38)4-2/h11-14,17-18,25-26H,3-8,15-16H2,1-2H3,(H,31,33)(H,32,34). The molecule has 0 bridgehead atoms. The zero-order chi connectivity index (χ0) is 26.2. The predicted octanol–water partition coefficient (Wildman–Crippen LogP) is 4.99. The number of likely N-dealkylation sites (tertiary alicyclic amines) is 2. The Hall–Kier alpha value is -4.12. The van der Waals surface area contributed by atoms with Crippen molar-refractivity contribution in [3.8, 4) is 11.8 Å². The maximum Gasteiger partial charge on any atom is 0.222 e. The Balaban J connectivity index is 1.23. The van der Waals surface area contributed by atoms with E-state index in [1.165, 1.54) is 0 Å². The van der Waals surface area contributed by atoms with Crippen LogP contribution >= 0.6 is 0 Å². The van der Waals surface area contributed by atoms with Crippen molar-refractivity contribution >= 4 is 33.9 Å². The number of carbonyl (C=O) groups is 2. The van der Waals surface area contributed by atoms with E-state index in [4.69, 9.17) is 9.97 Å². The number of fused-ring (bicyclic) bond motifs is 2. The van der Waals surface area contributed by atoms with Crippen LogP contribution in [0.3, 0.4) is 0 Å². The summed E-state index contributed by atoms with van der Waals surface area (Å²) in [6.45, 7) is 5.40. The number of H-pyrrole nitrogens is 2. The van der Waals surface area contributed by atoms with Gasteiger partial charge in [-0.25, -0.2) is 9.97 Å². The van der Waals surface area contributed by atoms with E-state index in [9.17, 15) is 9.59 Å². The number of aromatic amines is 2. The second-order valence-corrected chi connectivity index (χ2v) is 10.2. The first-order valence-corrected chi connectivity index (χ1v) is 13.6. The SMILES string of the molecule is CCC(=O)N1CCCC1c1nc2ccc(C#Cc3ccc4nc(C5CCCN5C(=O)CC)[nH]c4c3)cc2[nH]1. The lowest BCUT2D eigenvalue weighted by molar-refractivity contribution is -0.132. The van der Waals surface area contributed by atoms with E-state index in [1.807, 2.05) is 60.0 Å². The minimum atomic E-state index is 0.0202. The summed E-state index contributed by atoms with van der Waals surface area (Å²) in [4.78, 5) is 45.0. The Kier molecular flexibility index (Phi) is 6.36. The van der Waals surface area contributed by atoms with E-state index in [0.29, 0.717) is 12.8 Å². The van der Waals surface area contributed by atoms with Crippen molar-refractivity contribution in [2.75, 3.05) is 13.1 Å². The van der Waals surface area contributed by atoms with Gasteiger partial charge in [-0.3, -0.25) is 9.59 Å². The highest BCUT2D eigenvalue weighted by Crippen LogP contribution is 2.33. The topological polar surface area (TPSA) is 98.0 Å². The largest absolute Gasteiger partial charge is 0.340 e. The molecule has 2 N–H and O–H groups in total. The molecule has 4 heterocycles. The average molecular weight is 509 g/mol. The molecule has 2 fully saturated rings. The summed E-state index contributed by atoms with van der Waals surface area (Å²) >= 11 is 0. The molecule has 38 heavy (non-hydrogen) atoms. The Morgan fingerprint density at radius 2 is 1.24 bits per heavy atom. The van der Waals surface area contributed by atoms with Crippen molar-refractivity contribution in [3.63, 3.8) is 0 Å². The normalized spacial score (nSPS) is 19.3. The number of nitrogens with zero attached hydrogens (tertiary/aromatic N) is 4. The summed E-state index contributed by atoms with van der Waals surface area (Å²) in [6, 6.07) is 12.0. The van der Waals surface area contributed by atoms with Crippen LogP contribution in [0, 0.1) is 11.8 Å². The molecule has 2 aromatic heterocycles. The Labute approximate surface area is 221 Å². The van der Waals surface area contributed by atoms with Crippen molar-refractivity contribution in [3.05, 3.63) is 59.2 Å². The van der Waals surface area contributed by atoms with Crippen LogP contribution in [0.4, 0.5) is 0 Å². The molecule has 2 aliphatic rings. The van der Waals surface area contributed by atoms with Gasteiger partial charge in [0.25, 0.3) is 0 Å². The van der Waals surface area contributed by atoms with Gasteiger partial charge in [-0.1, -0.05) is 25.7 Å². The highest BCUT2D eigenvalue weighted by molar-refractivity contribution is 5.80. The van der Waals surface area contributed by atoms with E-state index >= 15 is 0 Å². The molecular weight excluding hydrogens is 476 g/mol. The van der Waals surface area contributed by atoms with Gasteiger partial charge in [0.1, 0.15) is 11.6 Å². The van der Waals surface area contributed by atoms with Crippen molar-refractivity contribution in [2.45, 2.75) is 64.5 Å². The lowest BCUT2D eigenvalue weighted by Gasteiger charge is -2.22. The van der Waals surface area contributed by atoms with Gasteiger partial charge < -0.3 is 19.8 Å². The minimum Gasteiger partial charge on any atom is -0.340 e. The molecule has 0 spiro atoms. The fourth-order valence-corrected chi connectivity index (χ4v) is 5.78. The lowest BCUT2D eigenvalue weighted by Crippen LogP contribution is -2.30. The highest BCUT2D eigenvalue weighted by Gasteiger charge is 2.32. The van der Waals surface area contributed by atoms with Crippen LogP contribution in [-0.2, 0) is 9.59 Å². The summed E-state index contributed by atoms with van der Waals surface area (Å²) in [7, 11) is 0. The summed E-state index contributed by atoms with van der Waals surface area (Å²) in [5.41, 5.74) is 5.42. The van der Waals surface area contributed by atoms with Crippen molar-refractivity contribution < 1.29 is 9.59 Å². The summed E-state index contributed by atoms with van der Waals surface area (Å²) < 4.78 is 0. The maximum atomic E-state index is 12.3. The summed E-state index contributed by atoms with van der Waals surface area (Å²) in [5, 5.41) is 0. The highest BCUT2D eigenvalue weighted by atomic mass is 16.2. The van der Waals surface area contributed by atoms with E-state index in [2.05, 4.69) is 21.8 Å². The van der Waals surface area contributed by atoms with Gasteiger partial charge in [0, 0.05) is 37.1 Å². The summed E-state index contributed by atoms with van der Waals surface area (Å²) in [6.07, 6.45) is 4.90. The van der Waals surface area contributed by atoms with Crippen LogP contribution in [0.2, 0.25) is 0 Å². The van der Waals surface area contributed by atoms with Gasteiger partial charge in [0.15, 0.2) is 0 Å². The van der Waals surface area contributed by atoms with Gasteiger partial charge in [-0.15, -0.1) is 0 Å². The monoisotopic (exact) mass is 508 g/mol. The summed E-state index contributed by atoms with van der Waals surface area (Å²) in [5.74, 6) is 8.61. The van der Waals surface area contributed by atoms with E-state index < -0.39 is 0 Å². The van der Waals surface area contributed by atoms with Crippen LogP contribution in [0.15, 0.2) is 36.4 Å². The molecule has 8 nitrogen and oxygen atoms in total. The van der Waals surface area contributed by atoms with Crippen molar-refractivity contribution in [1.29, 1.82) is 0 Å². The second kappa shape index (κ2) is 9.97. The third kappa shape index (κ3) is 4.43. The quantitative estimate of drug-likeness (QED) is 0.380. The number of nitrogens with one attached hydrogen (secondary N) is 2. The van der Waals surface area contributed by atoms with Gasteiger partial charge in [-0.05, 0) is 62.1 Å². The molecule has 2 unspecified atom stereocenters. The molecule has 0 aliphatic carbocycles. The van der Waals surface area contributed by atoms with Crippen LogP contribution in [0.5, 0.6) is 0 Å². The first-order valence-electron chi connectivity index (χ1n) is 13.6. The Morgan fingerprint density at radius 1 is 0.789 bits per heavy atom. The van der Waals surface area contributed by atoms with E-state index in [-0.39, 0.29) is 23.9 Å². The third-order valence-corrected chi connectivity index (χ3v) is 7.73. The number of benzene rings is 2. The zero-order valence-corrected chi connectivity index (χ0v) is 21.9. The Bertz CT molecular complexity index is 1470. The van der Waals surface area contributed by atoms with Crippen LogP contribution in [-0.4, -0.2) is 54.6 Å². The first kappa shape index (κ1) is 24.2. The molecule has 2 aliphatic heterocycles. The second-order valence-electron chi connectivity index (χ2n) is 10.2. The minimum absolute atomic E-state index is 0.0202.